The van der Waals surface area contributed by atoms with Gasteiger partial charge in [-0.05, 0) is 13.0 Å². The van der Waals surface area contributed by atoms with Crippen LogP contribution >= 0.6 is 11.6 Å². The third-order valence-electron chi connectivity index (χ3n) is 2.03. The van der Waals surface area contributed by atoms with E-state index in [1.165, 1.54) is 0 Å². The third kappa shape index (κ3) is 4.19. The maximum Gasteiger partial charge on any atom is 0.221 e. The number of hydrogen-bond donors (Lipinski definition) is 2. The molecule has 1 rings (SSSR count). The second-order valence-corrected chi connectivity index (χ2v) is 3.78. The van der Waals surface area contributed by atoms with E-state index in [9.17, 15) is 13.6 Å². The number of anilines is 1. The van der Waals surface area contributed by atoms with E-state index in [-0.39, 0.29) is 29.6 Å². The molecule has 0 atom stereocenters. The molecule has 1 amide bonds. The smallest absolute Gasteiger partial charge is 0.221 e. The van der Waals surface area contributed by atoms with Gasteiger partial charge in [0.25, 0.3) is 0 Å². The van der Waals surface area contributed by atoms with Crippen molar-refractivity contribution in [3.8, 4) is 0 Å². The highest BCUT2D eigenvalue weighted by Gasteiger charge is 2.09. The highest BCUT2D eigenvalue weighted by molar-refractivity contribution is 6.33. The van der Waals surface area contributed by atoms with Crippen LogP contribution in [-0.2, 0) is 4.79 Å². The predicted molar refractivity (Wildman–Crippen MR) is 63.2 cm³/mol. The van der Waals surface area contributed by atoms with Gasteiger partial charge < -0.3 is 10.6 Å². The zero-order chi connectivity index (χ0) is 12.8. The average molecular weight is 263 g/mol. The van der Waals surface area contributed by atoms with Gasteiger partial charge in [-0.2, -0.15) is 0 Å². The highest BCUT2D eigenvalue weighted by Crippen LogP contribution is 2.26. The van der Waals surface area contributed by atoms with Crippen molar-refractivity contribution in [3.05, 3.63) is 28.8 Å². The van der Waals surface area contributed by atoms with Crippen LogP contribution in [0.5, 0.6) is 0 Å². The summed E-state index contributed by atoms with van der Waals surface area (Å²) in [6, 6.07) is 1.75. The molecule has 0 unspecified atom stereocenters. The third-order valence-corrected chi connectivity index (χ3v) is 2.33. The van der Waals surface area contributed by atoms with Crippen LogP contribution in [-0.4, -0.2) is 19.0 Å². The molecule has 0 saturated heterocycles. The first kappa shape index (κ1) is 13.7. The van der Waals surface area contributed by atoms with Crippen LogP contribution in [0.1, 0.15) is 13.3 Å². The van der Waals surface area contributed by atoms with Gasteiger partial charge in [-0.25, -0.2) is 8.78 Å². The summed E-state index contributed by atoms with van der Waals surface area (Å²) in [5.74, 6) is -1.65. The number of hydrogen-bond acceptors (Lipinski definition) is 2. The second-order valence-electron chi connectivity index (χ2n) is 3.37. The van der Waals surface area contributed by atoms with Gasteiger partial charge >= 0.3 is 0 Å². The number of carbonyl (C=O) groups excluding carboxylic acids is 1. The fraction of sp³-hybridized carbons (Fsp3) is 0.364. The molecule has 17 heavy (non-hydrogen) atoms. The van der Waals surface area contributed by atoms with E-state index in [0.717, 1.165) is 12.1 Å². The molecule has 0 radical (unpaired) electrons. The fourth-order valence-electron chi connectivity index (χ4n) is 1.30. The molecule has 3 nitrogen and oxygen atoms in total. The summed E-state index contributed by atoms with van der Waals surface area (Å²) in [5.41, 5.74) is 0.0114. The normalized spacial score (nSPS) is 10.1. The molecule has 0 aliphatic carbocycles. The number of amides is 1. The van der Waals surface area contributed by atoms with Crippen LogP contribution in [0.2, 0.25) is 5.02 Å². The number of benzene rings is 1. The molecule has 6 heteroatoms. The van der Waals surface area contributed by atoms with Gasteiger partial charge in [-0.15, -0.1) is 0 Å². The zero-order valence-electron chi connectivity index (χ0n) is 9.32. The fourth-order valence-corrected chi connectivity index (χ4v) is 1.56. The van der Waals surface area contributed by atoms with Gasteiger partial charge in [-0.3, -0.25) is 4.79 Å². The second kappa shape index (κ2) is 6.39. The average Bonchev–Trinajstić information content (AvgIpc) is 2.22. The molecule has 0 aromatic heterocycles. The summed E-state index contributed by atoms with van der Waals surface area (Å²) in [6.45, 7) is 2.58. The lowest BCUT2D eigenvalue weighted by Crippen LogP contribution is -2.24. The monoisotopic (exact) mass is 262 g/mol. The van der Waals surface area contributed by atoms with E-state index in [4.69, 9.17) is 11.6 Å². The predicted octanol–water partition coefficient (Wildman–Crippen LogP) is 2.56. The van der Waals surface area contributed by atoms with Gasteiger partial charge in [0.1, 0.15) is 5.82 Å². The lowest BCUT2D eigenvalue weighted by atomic mass is 10.3. The summed E-state index contributed by atoms with van der Waals surface area (Å²) in [4.78, 5) is 11.1. The van der Waals surface area contributed by atoms with Gasteiger partial charge in [0.2, 0.25) is 5.91 Å². The van der Waals surface area contributed by atoms with Crippen LogP contribution in [0.4, 0.5) is 14.5 Å². The molecule has 0 aliphatic heterocycles. The zero-order valence-corrected chi connectivity index (χ0v) is 10.1. The summed E-state index contributed by atoms with van der Waals surface area (Å²) in [5, 5.41) is 5.22. The van der Waals surface area contributed by atoms with E-state index in [0.29, 0.717) is 6.54 Å². The Kier molecular flexibility index (Phi) is 5.15. The number of nitrogens with one attached hydrogen (secondary N) is 2. The minimum absolute atomic E-state index is 0.0114. The van der Waals surface area contributed by atoms with Crippen molar-refractivity contribution >= 4 is 23.2 Å². The highest BCUT2D eigenvalue weighted by atomic mass is 35.5. The van der Waals surface area contributed by atoms with Crippen LogP contribution < -0.4 is 10.6 Å². The van der Waals surface area contributed by atoms with Crippen molar-refractivity contribution in [1.82, 2.24) is 5.32 Å². The molecule has 0 spiro atoms. The molecule has 1 aromatic rings. The molecule has 0 saturated carbocycles. The first-order valence-electron chi connectivity index (χ1n) is 5.19. The molecule has 2 N–H and O–H groups in total. The van der Waals surface area contributed by atoms with Crippen LogP contribution in [0.3, 0.4) is 0 Å². The van der Waals surface area contributed by atoms with Crippen molar-refractivity contribution in [3.63, 3.8) is 0 Å². The topological polar surface area (TPSA) is 41.1 Å². The molecule has 94 valence electrons. The standard InChI is InChI=1S/C11H13ClF2N2O/c1-2-15-10(17)3-4-16-11-8(12)5-7(13)6-9(11)14/h5-6,16H,2-4H2,1H3,(H,15,17). The summed E-state index contributed by atoms with van der Waals surface area (Å²) in [7, 11) is 0. The summed E-state index contributed by atoms with van der Waals surface area (Å²) in [6.07, 6.45) is 0.195. The molecular weight excluding hydrogens is 250 g/mol. The molecule has 0 aliphatic rings. The van der Waals surface area contributed by atoms with E-state index < -0.39 is 11.6 Å². The lowest BCUT2D eigenvalue weighted by Gasteiger charge is -2.09. The molecule has 1 aromatic carbocycles. The van der Waals surface area contributed by atoms with Gasteiger partial charge in [0.15, 0.2) is 5.82 Å². The van der Waals surface area contributed by atoms with E-state index in [2.05, 4.69) is 10.6 Å². The Morgan fingerprint density at radius 2 is 2.12 bits per heavy atom. The first-order valence-corrected chi connectivity index (χ1v) is 5.57. The Hall–Kier alpha value is -1.36. The first-order chi connectivity index (χ1) is 8.04. The summed E-state index contributed by atoms with van der Waals surface area (Å²) >= 11 is 5.67. The van der Waals surface area contributed by atoms with Gasteiger partial charge in [-0.1, -0.05) is 11.6 Å². The maximum absolute atomic E-state index is 13.3. The Morgan fingerprint density at radius 3 is 2.71 bits per heavy atom. The minimum Gasteiger partial charge on any atom is -0.381 e. The Balaban J connectivity index is 2.55. The van der Waals surface area contributed by atoms with Crippen LogP contribution in [0, 0.1) is 11.6 Å². The van der Waals surface area contributed by atoms with Crippen molar-refractivity contribution in [2.45, 2.75) is 13.3 Å². The maximum atomic E-state index is 13.3. The van der Waals surface area contributed by atoms with Crippen molar-refractivity contribution in [2.24, 2.45) is 0 Å². The van der Waals surface area contributed by atoms with Crippen molar-refractivity contribution in [2.75, 3.05) is 18.4 Å². The number of halogens is 3. The van der Waals surface area contributed by atoms with E-state index >= 15 is 0 Å². The van der Waals surface area contributed by atoms with Crippen molar-refractivity contribution < 1.29 is 13.6 Å². The van der Waals surface area contributed by atoms with Gasteiger partial charge in [0, 0.05) is 25.6 Å². The van der Waals surface area contributed by atoms with E-state index in [1.54, 1.807) is 0 Å². The van der Waals surface area contributed by atoms with Crippen LogP contribution in [0.15, 0.2) is 12.1 Å². The lowest BCUT2D eigenvalue weighted by molar-refractivity contribution is -0.120. The SMILES string of the molecule is CCNC(=O)CCNc1c(F)cc(F)cc1Cl. The Labute approximate surface area is 103 Å². The number of carbonyl (C=O) groups is 1. The Morgan fingerprint density at radius 1 is 1.41 bits per heavy atom. The Bertz CT molecular complexity index is 389. The van der Waals surface area contributed by atoms with Crippen molar-refractivity contribution in [1.29, 1.82) is 0 Å². The quantitative estimate of drug-likeness (QED) is 0.856. The molecule has 0 fully saturated rings. The number of rotatable bonds is 5. The summed E-state index contributed by atoms with van der Waals surface area (Å²) < 4.78 is 26.0. The largest absolute Gasteiger partial charge is 0.381 e. The minimum atomic E-state index is -0.772. The molecule has 0 heterocycles. The molecular formula is C11H13ClF2N2O. The van der Waals surface area contributed by atoms with E-state index in [1.807, 2.05) is 6.92 Å². The van der Waals surface area contributed by atoms with Gasteiger partial charge in [0.05, 0.1) is 10.7 Å². The van der Waals surface area contributed by atoms with Crippen LogP contribution in [0.25, 0.3) is 0 Å². The molecule has 0 bridgehead atoms.